The van der Waals surface area contributed by atoms with E-state index in [2.05, 4.69) is 9.97 Å². The van der Waals surface area contributed by atoms with E-state index in [0.717, 1.165) is 40.3 Å². The van der Waals surface area contributed by atoms with Crippen LogP contribution in [0.15, 0.2) is 12.1 Å². The summed E-state index contributed by atoms with van der Waals surface area (Å²) < 4.78 is 0. The number of halogens is 2. The highest BCUT2D eigenvalue weighted by Gasteiger charge is 2.22. The van der Waals surface area contributed by atoms with Gasteiger partial charge in [-0.2, -0.15) is 0 Å². The molecule has 3 nitrogen and oxygen atoms in total. The maximum atomic E-state index is 6.24. The summed E-state index contributed by atoms with van der Waals surface area (Å²) in [6.45, 7) is 0. The number of thiophene rings is 1. The standard InChI is InChI=1S/C15H13Cl2N3S/c16-8-5-10-11(6-9(8)17)20-15(19-10)13-7-3-1-2-4-12(7)21-14(13)18/h5-6H,1-4,18H2,(H,19,20). The maximum Gasteiger partial charge on any atom is 0.141 e. The van der Waals surface area contributed by atoms with Gasteiger partial charge in [-0.1, -0.05) is 23.2 Å². The Bertz CT molecular complexity index is 811. The number of fused-ring (bicyclic) bond motifs is 2. The van der Waals surface area contributed by atoms with Crippen molar-refractivity contribution in [2.24, 2.45) is 0 Å². The van der Waals surface area contributed by atoms with E-state index in [0.29, 0.717) is 10.0 Å². The molecule has 1 aliphatic carbocycles. The number of benzene rings is 1. The normalized spacial score (nSPS) is 14.6. The van der Waals surface area contributed by atoms with Gasteiger partial charge in [0, 0.05) is 4.88 Å². The van der Waals surface area contributed by atoms with Crippen LogP contribution < -0.4 is 5.73 Å². The van der Waals surface area contributed by atoms with Crippen LogP contribution in [-0.4, -0.2) is 9.97 Å². The molecule has 0 aliphatic heterocycles. The van der Waals surface area contributed by atoms with Crippen LogP contribution in [0.4, 0.5) is 5.00 Å². The minimum Gasteiger partial charge on any atom is -0.390 e. The number of nitrogens with one attached hydrogen (secondary N) is 1. The smallest absolute Gasteiger partial charge is 0.141 e. The molecule has 0 radical (unpaired) electrons. The van der Waals surface area contributed by atoms with Gasteiger partial charge in [0.05, 0.1) is 31.6 Å². The molecule has 0 atom stereocenters. The van der Waals surface area contributed by atoms with Gasteiger partial charge in [0.2, 0.25) is 0 Å². The Balaban J connectivity index is 1.92. The van der Waals surface area contributed by atoms with Crippen molar-refractivity contribution >= 4 is 50.6 Å². The lowest BCUT2D eigenvalue weighted by Gasteiger charge is -2.11. The Morgan fingerprint density at radius 3 is 2.76 bits per heavy atom. The second kappa shape index (κ2) is 4.90. The Morgan fingerprint density at radius 1 is 1.14 bits per heavy atom. The Morgan fingerprint density at radius 2 is 1.90 bits per heavy atom. The molecular weight excluding hydrogens is 325 g/mol. The monoisotopic (exact) mass is 337 g/mol. The van der Waals surface area contributed by atoms with Gasteiger partial charge < -0.3 is 10.7 Å². The fraction of sp³-hybridized carbons (Fsp3) is 0.267. The fourth-order valence-corrected chi connectivity index (χ4v) is 4.45. The zero-order chi connectivity index (χ0) is 14.6. The van der Waals surface area contributed by atoms with E-state index in [1.54, 1.807) is 17.4 Å². The van der Waals surface area contributed by atoms with Crippen LogP contribution in [0.3, 0.4) is 0 Å². The van der Waals surface area contributed by atoms with Crippen LogP contribution in [-0.2, 0) is 12.8 Å². The van der Waals surface area contributed by atoms with Crippen molar-refractivity contribution in [2.75, 3.05) is 5.73 Å². The van der Waals surface area contributed by atoms with Gasteiger partial charge in [0.1, 0.15) is 5.82 Å². The lowest BCUT2D eigenvalue weighted by Crippen LogP contribution is -2.00. The molecule has 2 heterocycles. The van der Waals surface area contributed by atoms with Gasteiger partial charge >= 0.3 is 0 Å². The van der Waals surface area contributed by atoms with Crippen LogP contribution in [0.25, 0.3) is 22.4 Å². The SMILES string of the molecule is Nc1sc2c(c1-c1nc3cc(Cl)c(Cl)cc3[nH]1)CCCC2. The molecular formula is C15H13Cl2N3S. The van der Waals surface area contributed by atoms with Gasteiger partial charge in [-0.25, -0.2) is 4.98 Å². The average molecular weight is 338 g/mol. The number of H-pyrrole nitrogens is 1. The van der Waals surface area contributed by atoms with Crippen molar-refractivity contribution in [2.45, 2.75) is 25.7 Å². The van der Waals surface area contributed by atoms with E-state index in [4.69, 9.17) is 28.9 Å². The van der Waals surface area contributed by atoms with E-state index in [9.17, 15) is 0 Å². The van der Waals surface area contributed by atoms with Crippen LogP contribution >= 0.6 is 34.5 Å². The molecule has 0 amide bonds. The molecule has 3 N–H and O–H groups in total. The number of imidazole rings is 1. The molecule has 0 spiro atoms. The number of nitrogen functional groups attached to an aromatic ring is 1. The summed E-state index contributed by atoms with van der Waals surface area (Å²) in [5.41, 5.74) is 10.4. The predicted molar refractivity (Wildman–Crippen MR) is 90.5 cm³/mol. The van der Waals surface area contributed by atoms with E-state index in [-0.39, 0.29) is 0 Å². The summed E-state index contributed by atoms with van der Waals surface area (Å²) in [5, 5.41) is 1.89. The van der Waals surface area contributed by atoms with E-state index in [1.807, 2.05) is 6.07 Å². The summed E-state index contributed by atoms with van der Waals surface area (Å²) in [5.74, 6) is 0.820. The van der Waals surface area contributed by atoms with Gasteiger partial charge in [0.25, 0.3) is 0 Å². The van der Waals surface area contributed by atoms with Crippen LogP contribution in [0.5, 0.6) is 0 Å². The average Bonchev–Trinajstić information content (AvgIpc) is 2.98. The fourth-order valence-electron chi connectivity index (χ4n) is 2.97. The van der Waals surface area contributed by atoms with Gasteiger partial charge in [0.15, 0.2) is 0 Å². The van der Waals surface area contributed by atoms with E-state index >= 15 is 0 Å². The zero-order valence-electron chi connectivity index (χ0n) is 11.2. The summed E-state index contributed by atoms with van der Waals surface area (Å²) in [6, 6.07) is 3.60. The third-order valence-corrected chi connectivity index (χ3v) is 5.80. The molecule has 3 aromatic rings. The summed E-state index contributed by atoms with van der Waals surface area (Å²) in [4.78, 5) is 9.39. The molecule has 0 bridgehead atoms. The van der Waals surface area contributed by atoms with Gasteiger partial charge in [-0.3, -0.25) is 0 Å². The quantitative estimate of drug-likeness (QED) is 0.652. The molecule has 4 rings (SSSR count). The molecule has 108 valence electrons. The first-order valence-corrected chi connectivity index (χ1v) is 8.46. The molecule has 0 saturated carbocycles. The zero-order valence-corrected chi connectivity index (χ0v) is 13.5. The van der Waals surface area contributed by atoms with Crippen LogP contribution in [0, 0.1) is 0 Å². The highest BCUT2D eigenvalue weighted by atomic mass is 35.5. The Kier molecular flexibility index (Phi) is 3.14. The van der Waals surface area contributed by atoms with E-state index in [1.165, 1.54) is 23.3 Å². The van der Waals surface area contributed by atoms with Crippen molar-refractivity contribution < 1.29 is 0 Å². The molecule has 21 heavy (non-hydrogen) atoms. The minimum absolute atomic E-state index is 0.516. The lowest BCUT2D eigenvalue weighted by atomic mass is 9.95. The highest BCUT2D eigenvalue weighted by molar-refractivity contribution is 7.16. The first kappa shape index (κ1) is 13.4. The van der Waals surface area contributed by atoms with Crippen molar-refractivity contribution in [1.29, 1.82) is 0 Å². The molecule has 6 heteroatoms. The van der Waals surface area contributed by atoms with Gasteiger partial charge in [-0.15, -0.1) is 11.3 Å². The van der Waals surface area contributed by atoms with Crippen molar-refractivity contribution in [1.82, 2.24) is 9.97 Å². The number of nitrogens with two attached hydrogens (primary N) is 1. The topological polar surface area (TPSA) is 54.7 Å². The number of rotatable bonds is 1. The Labute approximate surface area is 136 Å². The van der Waals surface area contributed by atoms with Gasteiger partial charge in [-0.05, 0) is 43.4 Å². The van der Waals surface area contributed by atoms with Crippen molar-refractivity contribution in [3.05, 3.63) is 32.6 Å². The lowest BCUT2D eigenvalue weighted by molar-refractivity contribution is 0.698. The molecule has 0 unspecified atom stereocenters. The van der Waals surface area contributed by atoms with Crippen molar-refractivity contribution in [3.8, 4) is 11.4 Å². The first-order valence-electron chi connectivity index (χ1n) is 6.88. The summed E-state index contributed by atoms with van der Waals surface area (Å²) in [6.07, 6.45) is 4.67. The van der Waals surface area contributed by atoms with Crippen molar-refractivity contribution in [3.63, 3.8) is 0 Å². The third-order valence-electron chi connectivity index (χ3n) is 3.96. The number of aromatic nitrogens is 2. The number of hydrogen-bond donors (Lipinski definition) is 2. The molecule has 0 fully saturated rings. The number of aryl methyl sites for hydroxylation is 1. The second-order valence-corrected chi connectivity index (χ2v) is 7.27. The third kappa shape index (κ3) is 2.13. The molecule has 0 saturated heterocycles. The molecule has 1 aromatic carbocycles. The number of aromatic amines is 1. The molecule has 1 aliphatic rings. The maximum absolute atomic E-state index is 6.24. The van der Waals surface area contributed by atoms with E-state index < -0.39 is 0 Å². The first-order chi connectivity index (χ1) is 10.1. The van der Waals surface area contributed by atoms with Crippen LogP contribution in [0.1, 0.15) is 23.3 Å². The number of anilines is 1. The molecule has 2 aromatic heterocycles. The summed E-state index contributed by atoms with van der Waals surface area (Å²) >= 11 is 13.8. The second-order valence-electron chi connectivity index (χ2n) is 5.32. The summed E-state index contributed by atoms with van der Waals surface area (Å²) in [7, 11) is 0. The van der Waals surface area contributed by atoms with Crippen LogP contribution in [0.2, 0.25) is 10.0 Å². The minimum atomic E-state index is 0.516. The predicted octanol–water partition coefficient (Wildman–Crippen LogP) is 5.06. The highest BCUT2D eigenvalue weighted by Crippen LogP contribution is 2.42. The largest absolute Gasteiger partial charge is 0.390 e. The number of hydrogen-bond acceptors (Lipinski definition) is 3. The number of nitrogens with zero attached hydrogens (tertiary/aromatic N) is 1. The Hall–Kier alpha value is -1.23.